The first kappa shape index (κ1) is 19.0. The summed E-state index contributed by atoms with van der Waals surface area (Å²) in [6, 6.07) is 17.7. The van der Waals surface area contributed by atoms with Crippen LogP contribution in [0.3, 0.4) is 0 Å². The highest BCUT2D eigenvalue weighted by atomic mass is 16.6. The first-order valence-electron chi connectivity index (χ1n) is 9.01. The molecule has 1 aromatic heterocycles. The normalized spacial score (nSPS) is 17.9. The number of amides is 1. The van der Waals surface area contributed by atoms with Crippen molar-refractivity contribution in [3.05, 3.63) is 106 Å². The third-order valence-electron chi connectivity index (χ3n) is 4.82. The third-order valence-corrected chi connectivity index (χ3v) is 4.82. The van der Waals surface area contributed by atoms with Crippen molar-refractivity contribution in [2.45, 2.75) is 6.04 Å². The van der Waals surface area contributed by atoms with Crippen molar-refractivity contribution in [1.82, 2.24) is 4.98 Å². The largest absolute Gasteiger partial charge is 0.507 e. The Morgan fingerprint density at radius 2 is 1.63 bits per heavy atom. The smallest absolute Gasteiger partial charge is 0.301 e. The quantitative estimate of drug-likeness (QED) is 0.235. The van der Waals surface area contributed by atoms with Gasteiger partial charge in [-0.3, -0.25) is 24.6 Å². The maximum absolute atomic E-state index is 13.0. The van der Waals surface area contributed by atoms with Gasteiger partial charge in [-0.2, -0.15) is 0 Å². The average molecular weight is 401 g/mol. The number of pyridine rings is 1. The molecule has 1 amide bonds. The van der Waals surface area contributed by atoms with E-state index in [2.05, 4.69) is 4.98 Å². The van der Waals surface area contributed by atoms with Gasteiger partial charge in [-0.05, 0) is 18.2 Å². The number of rotatable bonds is 4. The first-order chi connectivity index (χ1) is 14.5. The van der Waals surface area contributed by atoms with Crippen LogP contribution in [-0.4, -0.2) is 26.7 Å². The molecule has 0 aliphatic carbocycles. The van der Waals surface area contributed by atoms with Crippen LogP contribution in [0.5, 0.6) is 0 Å². The fourth-order valence-electron chi connectivity index (χ4n) is 3.50. The number of ketones is 1. The number of para-hydroxylation sites is 1. The van der Waals surface area contributed by atoms with Crippen molar-refractivity contribution in [2.75, 3.05) is 4.90 Å². The van der Waals surface area contributed by atoms with Gasteiger partial charge in [0.1, 0.15) is 17.6 Å². The standard InChI is InChI=1S/C22H15N3O5/c26-20(14-8-2-1-3-9-14)18-19(15-10-4-5-11-16(15)25(29)30)24(22(28)21(18)27)17-12-6-7-13-23-17/h1-13,19,26H/t19-/m0/s1. The summed E-state index contributed by atoms with van der Waals surface area (Å²) in [5.41, 5.74) is -0.0830. The minimum atomic E-state index is -1.21. The van der Waals surface area contributed by atoms with E-state index in [1.54, 1.807) is 48.5 Å². The van der Waals surface area contributed by atoms with Gasteiger partial charge >= 0.3 is 5.91 Å². The van der Waals surface area contributed by atoms with Crippen LogP contribution in [-0.2, 0) is 9.59 Å². The lowest BCUT2D eigenvalue weighted by Gasteiger charge is -2.24. The van der Waals surface area contributed by atoms with E-state index in [-0.39, 0.29) is 22.6 Å². The fourth-order valence-corrected chi connectivity index (χ4v) is 3.50. The van der Waals surface area contributed by atoms with Gasteiger partial charge in [0, 0.05) is 17.8 Å². The summed E-state index contributed by atoms with van der Waals surface area (Å²) in [4.78, 5) is 42.2. The summed E-state index contributed by atoms with van der Waals surface area (Å²) in [6.45, 7) is 0. The topological polar surface area (TPSA) is 114 Å². The van der Waals surface area contributed by atoms with E-state index in [1.807, 2.05) is 0 Å². The van der Waals surface area contributed by atoms with E-state index in [9.17, 15) is 24.8 Å². The molecule has 3 aromatic rings. The van der Waals surface area contributed by atoms with Crippen LogP contribution in [0, 0.1) is 10.1 Å². The van der Waals surface area contributed by atoms with Gasteiger partial charge < -0.3 is 5.11 Å². The predicted molar refractivity (Wildman–Crippen MR) is 109 cm³/mol. The average Bonchev–Trinajstić information content (AvgIpc) is 3.05. The Morgan fingerprint density at radius 3 is 2.30 bits per heavy atom. The van der Waals surface area contributed by atoms with Gasteiger partial charge in [-0.1, -0.05) is 48.5 Å². The number of hydrogen-bond acceptors (Lipinski definition) is 6. The van der Waals surface area contributed by atoms with E-state index in [0.29, 0.717) is 5.56 Å². The summed E-state index contributed by atoms with van der Waals surface area (Å²) in [5.74, 6) is -2.12. The number of carbonyl (C=O) groups is 2. The SMILES string of the molecule is O=C1C(=O)N(c2ccccn2)[C@@H](c2ccccc2[N+](=O)[O-])C1=C(O)c1ccccc1. The molecule has 148 valence electrons. The Balaban J connectivity index is 2.02. The molecule has 30 heavy (non-hydrogen) atoms. The zero-order chi connectivity index (χ0) is 21.3. The molecule has 0 spiro atoms. The van der Waals surface area contributed by atoms with Crippen molar-refractivity contribution in [3.63, 3.8) is 0 Å². The van der Waals surface area contributed by atoms with Crippen LogP contribution < -0.4 is 4.90 Å². The van der Waals surface area contributed by atoms with Gasteiger partial charge in [0.2, 0.25) is 0 Å². The Hall–Kier alpha value is -4.33. The molecular formula is C22H15N3O5. The molecule has 2 heterocycles. The van der Waals surface area contributed by atoms with Crippen LogP contribution in [0.1, 0.15) is 17.2 Å². The van der Waals surface area contributed by atoms with Crippen molar-refractivity contribution in [2.24, 2.45) is 0 Å². The summed E-state index contributed by atoms with van der Waals surface area (Å²) in [6.07, 6.45) is 1.45. The number of aliphatic hydroxyl groups is 1. The lowest BCUT2D eigenvalue weighted by Crippen LogP contribution is -2.30. The van der Waals surface area contributed by atoms with Crippen LogP contribution in [0.15, 0.2) is 84.6 Å². The molecule has 1 N–H and O–H groups in total. The predicted octanol–water partition coefficient (Wildman–Crippen LogP) is 3.62. The number of carbonyl (C=O) groups excluding carboxylic acids is 2. The lowest BCUT2D eigenvalue weighted by atomic mass is 9.94. The number of nitro groups is 1. The highest BCUT2D eigenvalue weighted by Gasteiger charge is 2.49. The van der Waals surface area contributed by atoms with Crippen molar-refractivity contribution < 1.29 is 19.6 Å². The summed E-state index contributed by atoms with van der Waals surface area (Å²) >= 11 is 0. The summed E-state index contributed by atoms with van der Waals surface area (Å²) in [5, 5.41) is 22.6. The number of anilines is 1. The molecule has 8 nitrogen and oxygen atoms in total. The molecule has 4 rings (SSSR count). The second-order valence-electron chi connectivity index (χ2n) is 6.54. The molecular weight excluding hydrogens is 386 g/mol. The number of Topliss-reactive ketones (excluding diaryl/α,β-unsaturated/α-hetero) is 1. The third kappa shape index (κ3) is 3.10. The van der Waals surface area contributed by atoms with E-state index in [4.69, 9.17) is 0 Å². The highest BCUT2D eigenvalue weighted by Crippen LogP contribution is 2.44. The zero-order valence-corrected chi connectivity index (χ0v) is 15.5. The molecule has 1 fully saturated rings. The van der Waals surface area contributed by atoms with Crippen LogP contribution in [0.2, 0.25) is 0 Å². The Bertz CT molecular complexity index is 1180. The number of hydrogen-bond donors (Lipinski definition) is 1. The van der Waals surface area contributed by atoms with Crippen molar-refractivity contribution in [1.29, 1.82) is 0 Å². The molecule has 1 aliphatic rings. The number of aliphatic hydroxyl groups excluding tert-OH is 1. The maximum Gasteiger partial charge on any atom is 0.301 e. The van der Waals surface area contributed by atoms with Gasteiger partial charge in [0.15, 0.2) is 0 Å². The van der Waals surface area contributed by atoms with Gasteiger partial charge in [-0.15, -0.1) is 0 Å². The monoisotopic (exact) mass is 401 g/mol. The van der Waals surface area contributed by atoms with Crippen LogP contribution >= 0.6 is 0 Å². The molecule has 1 atom stereocenters. The molecule has 8 heteroatoms. The zero-order valence-electron chi connectivity index (χ0n) is 15.5. The molecule has 0 radical (unpaired) electrons. The minimum Gasteiger partial charge on any atom is -0.507 e. The van der Waals surface area contributed by atoms with E-state index in [0.717, 1.165) is 4.90 Å². The molecule has 1 aliphatic heterocycles. The van der Waals surface area contributed by atoms with Crippen LogP contribution in [0.4, 0.5) is 11.5 Å². The summed E-state index contributed by atoms with van der Waals surface area (Å²) < 4.78 is 0. The number of aromatic nitrogens is 1. The number of benzene rings is 2. The molecule has 2 aromatic carbocycles. The lowest BCUT2D eigenvalue weighted by molar-refractivity contribution is -0.385. The van der Waals surface area contributed by atoms with Gasteiger partial charge in [-0.25, -0.2) is 4.98 Å². The van der Waals surface area contributed by atoms with Gasteiger partial charge in [0.05, 0.1) is 16.1 Å². The number of nitrogens with zero attached hydrogens (tertiary/aromatic N) is 3. The molecule has 1 saturated heterocycles. The van der Waals surface area contributed by atoms with Crippen LogP contribution in [0.25, 0.3) is 5.76 Å². The van der Waals surface area contributed by atoms with E-state index in [1.165, 1.54) is 30.5 Å². The van der Waals surface area contributed by atoms with E-state index < -0.39 is 28.4 Å². The molecule has 0 unspecified atom stereocenters. The highest BCUT2D eigenvalue weighted by molar-refractivity contribution is 6.51. The Labute approximate surface area is 170 Å². The number of nitro benzene ring substituents is 1. The Kier molecular flexibility index (Phi) is 4.81. The van der Waals surface area contributed by atoms with Crippen molar-refractivity contribution in [3.8, 4) is 0 Å². The first-order valence-corrected chi connectivity index (χ1v) is 9.01. The molecule has 0 bridgehead atoms. The maximum atomic E-state index is 13.0. The van der Waals surface area contributed by atoms with Gasteiger partial charge in [0.25, 0.3) is 11.5 Å². The minimum absolute atomic E-state index is 0.102. The fraction of sp³-hybridized carbons (Fsp3) is 0.0455. The van der Waals surface area contributed by atoms with E-state index >= 15 is 0 Å². The summed E-state index contributed by atoms with van der Waals surface area (Å²) in [7, 11) is 0. The Morgan fingerprint density at radius 1 is 0.967 bits per heavy atom. The second-order valence-corrected chi connectivity index (χ2v) is 6.54. The second kappa shape index (κ2) is 7.59. The molecule has 0 saturated carbocycles. The van der Waals surface area contributed by atoms with Crippen molar-refractivity contribution >= 4 is 29.0 Å².